The SMILES string of the molecule is O=C(c1ccccc1)c1ccccc1N1CN1. The summed E-state index contributed by atoms with van der Waals surface area (Å²) < 4.78 is 0. The molecule has 1 aliphatic heterocycles. The van der Waals surface area contributed by atoms with Crippen molar-refractivity contribution in [3.05, 3.63) is 65.7 Å². The van der Waals surface area contributed by atoms with Crippen LogP contribution in [0.5, 0.6) is 0 Å². The molecule has 0 radical (unpaired) electrons. The maximum Gasteiger partial charge on any atom is 0.195 e. The first-order valence-corrected chi connectivity index (χ1v) is 5.56. The van der Waals surface area contributed by atoms with Crippen molar-refractivity contribution >= 4 is 11.5 Å². The normalized spacial score (nSPS) is 13.5. The molecule has 3 heteroatoms. The number of rotatable bonds is 3. The number of hydrogen-bond acceptors (Lipinski definition) is 3. The zero-order valence-electron chi connectivity index (χ0n) is 9.26. The number of ketones is 1. The predicted octanol–water partition coefficient (Wildman–Crippen LogP) is 2.20. The molecule has 1 heterocycles. The van der Waals surface area contributed by atoms with E-state index in [1.165, 1.54) is 0 Å². The number of nitrogens with one attached hydrogen (secondary N) is 1. The van der Waals surface area contributed by atoms with Crippen LogP contribution in [-0.2, 0) is 0 Å². The molecule has 0 aromatic heterocycles. The first kappa shape index (κ1) is 10.1. The highest BCUT2D eigenvalue weighted by Gasteiger charge is 2.23. The van der Waals surface area contributed by atoms with Crippen LogP contribution in [0.3, 0.4) is 0 Å². The van der Waals surface area contributed by atoms with Gasteiger partial charge in [-0.1, -0.05) is 42.5 Å². The summed E-state index contributed by atoms with van der Waals surface area (Å²) in [5.74, 6) is 0.0647. The zero-order chi connectivity index (χ0) is 11.7. The Kier molecular flexibility index (Phi) is 2.38. The third-order valence-electron chi connectivity index (χ3n) is 2.79. The highest BCUT2D eigenvalue weighted by Crippen LogP contribution is 2.24. The quantitative estimate of drug-likeness (QED) is 0.642. The Morgan fingerprint density at radius 1 is 1.00 bits per heavy atom. The molecule has 1 saturated heterocycles. The minimum atomic E-state index is 0.0647. The van der Waals surface area contributed by atoms with Crippen molar-refractivity contribution in [2.75, 3.05) is 11.7 Å². The Balaban J connectivity index is 2.02. The van der Waals surface area contributed by atoms with E-state index in [9.17, 15) is 4.79 Å². The van der Waals surface area contributed by atoms with Gasteiger partial charge in [-0.15, -0.1) is 0 Å². The molecule has 3 rings (SSSR count). The molecular formula is C14H12N2O. The average molecular weight is 224 g/mol. The molecule has 2 aromatic rings. The van der Waals surface area contributed by atoms with Crippen LogP contribution >= 0.6 is 0 Å². The molecular weight excluding hydrogens is 212 g/mol. The second-order valence-electron chi connectivity index (χ2n) is 3.96. The van der Waals surface area contributed by atoms with Gasteiger partial charge in [-0.25, -0.2) is 5.43 Å². The molecule has 0 spiro atoms. The first-order chi connectivity index (χ1) is 8.36. The lowest BCUT2D eigenvalue weighted by molar-refractivity contribution is 0.103. The van der Waals surface area contributed by atoms with E-state index < -0.39 is 0 Å². The molecule has 1 aliphatic rings. The molecule has 0 atom stereocenters. The highest BCUT2D eigenvalue weighted by molar-refractivity contribution is 6.12. The largest absolute Gasteiger partial charge is 0.290 e. The molecule has 17 heavy (non-hydrogen) atoms. The predicted molar refractivity (Wildman–Crippen MR) is 66.8 cm³/mol. The first-order valence-electron chi connectivity index (χ1n) is 5.56. The fourth-order valence-electron chi connectivity index (χ4n) is 1.85. The Morgan fingerprint density at radius 3 is 2.35 bits per heavy atom. The van der Waals surface area contributed by atoms with Crippen molar-refractivity contribution in [2.45, 2.75) is 0 Å². The topological polar surface area (TPSA) is 42.0 Å². The maximum atomic E-state index is 12.3. The van der Waals surface area contributed by atoms with Gasteiger partial charge in [-0.2, -0.15) is 0 Å². The third-order valence-corrected chi connectivity index (χ3v) is 2.79. The van der Waals surface area contributed by atoms with Gasteiger partial charge in [-0.3, -0.25) is 9.80 Å². The number of benzene rings is 2. The number of carbonyl (C=O) groups excluding carboxylic acids is 1. The van der Waals surface area contributed by atoms with Crippen LogP contribution in [0.15, 0.2) is 54.6 Å². The van der Waals surface area contributed by atoms with Crippen molar-refractivity contribution in [1.29, 1.82) is 0 Å². The van der Waals surface area contributed by atoms with Crippen LogP contribution in [0, 0.1) is 0 Å². The van der Waals surface area contributed by atoms with Crippen LogP contribution in [-0.4, -0.2) is 12.5 Å². The fraction of sp³-hybridized carbons (Fsp3) is 0.0714. The lowest BCUT2D eigenvalue weighted by atomic mass is 10.0. The van der Waals surface area contributed by atoms with E-state index in [4.69, 9.17) is 0 Å². The molecule has 0 saturated carbocycles. The summed E-state index contributed by atoms with van der Waals surface area (Å²) in [4.78, 5) is 12.3. The van der Waals surface area contributed by atoms with Gasteiger partial charge in [0.15, 0.2) is 5.78 Å². The molecule has 84 valence electrons. The summed E-state index contributed by atoms with van der Waals surface area (Å²) in [5.41, 5.74) is 5.49. The zero-order valence-corrected chi connectivity index (χ0v) is 9.26. The fourth-order valence-corrected chi connectivity index (χ4v) is 1.85. The molecule has 3 nitrogen and oxygen atoms in total. The highest BCUT2D eigenvalue weighted by atomic mass is 16.1. The summed E-state index contributed by atoms with van der Waals surface area (Å²) in [6, 6.07) is 17.0. The smallest absolute Gasteiger partial charge is 0.195 e. The van der Waals surface area contributed by atoms with E-state index in [0.717, 1.165) is 23.5 Å². The van der Waals surface area contributed by atoms with Gasteiger partial charge in [0.05, 0.1) is 5.69 Å². The van der Waals surface area contributed by atoms with Crippen molar-refractivity contribution < 1.29 is 4.79 Å². The van der Waals surface area contributed by atoms with Crippen molar-refractivity contribution in [2.24, 2.45) is 0 Å². The number of hydrazine groups is 1. The van der Waals surface area contributed by atoms with Gasteiger partial charge in [0, 0.05) is 11.1 Å². The number of para-hydroxylation sites is 1. The van der Waals surface area contributed by atoms with E-state index in [-0.39, 0.29) is 5.78 Å². The van der Waals surface area contributed by atoms with Crippen molar-refractivity contribution in [3.8, 4) is 0 Å². The van der Waals surface area contributed by atoms with Crippen LogP contribution in [0.4, 0.5) is 5.69 Å². The van der Waals surface area contributed by atoms with Crippen LogP contribution in [0.2, 0.25) is 0 Å². The lowest BCUT2D eigenvalue weighted by Crippen LogP contribution is -2.07. The van der Waals surface area contributed by atoms with Gasteiger partial charge >= 0.3 is 0 Å². The van der Waals surface area contributed by atoms with Gasteiger partial charge < -0.3 is 0 Å². The standard InChI is InChI=1S/C14H12N2O/c17-14(11-6-2-1-3-7-11)12-8-4-5-9-13(12)16-10-15-16/h1-9,15H,10H2. The molecule has 1 fully saturated rings. The van der Waals surface area contributed by atoms with Crippen LogP contribution in [0.1, 0.15) is 15.9 Å². The molecule has 2 aromatic carbocycles. The van der Waals surface area contributed by atoms with Crippen LogP contribution < -0.4 is 10.4 Å². The molecule has 0 amide bonds. The summed E-state index contributed by atoms with van der Waals surface area (Å²) in [7, 11) is 0. The van der Waals surface area contributed by atoms with Gasteiger partial charge in [0.25, 0.3) is 0 Å². The lowest BCUT2D eigenvalue weighted by Gasteiger charge is -2.08. The van der Waals surface area contributed by atoms with E-state index in [0.29, 0.717) is 0 Å². The van der Waals surface area contributed by atoms with Gasteiger partial charge in [0.2, 0.25) is 0 Å². The van der Waals surface area contributed by atoms with E-state index in [1.807, 2.05) is 59.6 Å². The monoisotopic (exact) mass is 224 g/mol. The Morgan fingerprint density at radius 2 is 1.65 bits per heavy atom. The molecule has 0 unspecified atom stereocenters. The Hall–Kier alpha value is -2.13. The van der Waals surface area contributed by atoms with Gasteiger partial charge in [0.1, 0.15) is 6.67 Å². The minimum Gasteiger partial charge on any atom is -0.290 e. The summed E-state index contributed by atoms with van der Waals surface area (Å²) in [6.07, 6.45) is 0. The maximum absolute atomic E-state index is 12.3. The summed E-state index contributed by atoms with van der Waals surface area (Å²) in [6.45, 7) is 0.805. The van der Waals surface area contributed by atoms with Crippen LogP contribution in [0.25, 0.3) is 0 Å². The number of nitrogens with zero attached hydrogens (tertiary/aromatic N) is 1. The van der Waals surface area contributed by atoms with E-state index >= 15 is 0 Å². The molecule has 0 bridgehead atoms. The third kappa shape index (κ3) is 1.92. The van der Waals surface area contributed by atoms with Crippen molar-refractivity contribution in [1.82, 2.24) is 5.43 Å². The molecule has 0 aliphatic carbocycles. The Labute approximate surface area is 99.7 Å². The second kappa shape index (κ2) is 4.03. The summed E-state index contributed by atoms with van der Waals surface area (Å²) in [5, 5.41) is 1.95. The van der Waals surface area contributed by atoms with Gasteiger partial charge in [-0.05, 0) is 12.1 Å². The Bertz CT molecular complexity index is 547. The second-order valence-corrected chi connectivity index (χ2v) is 3.96. The minimum absolute atomic E-state index is 0.0647. The van der Waals surface area contributed by atoms with E-state index in [2.05, 4.69) is 5.43 Å². The average Bonchev–Trinajstić information content (AvgIpc) is 3.23. The van der Waals surface area contributed by atoms with Crippen molar-refractivity contribution in [3.63, 3.8) is 0 Å². The molecule has 1 N–H and O–H groups in total. The number of anilines is 1. The summed E-state index contributed by atoms with van der Waals surface area (Å²) >= 11 is 0. The number of carbonyl (C=O) groups is 1. The van der Waals surface area contributed by atoms with E-state index in [1.54, 1.807) is 0 Å². The number of hydrogen-bond donors (Lipinski definition) is 1.